The number of nitrogens with zero attached hydrogens (tertiary/aromatic N) is 4. The molecule has 0 unspecified atom stereocenters. The maximum absolute atomic E-state index is 14.2. The molecule has 4 rings (SSSR count). The van der Waals surface area contributed by atoms with Crippen molar-refractivity contribution in [1.29, 1.82) is 5.26 Å². The number of carbonyl (C=O) groups excluding carboxylic acids is 2. The molecule has 2 atom stereocenters. The Morgan fingerprint density at radius 1 is 1.43 bits per heavy atom. The minimum atomic E-state index is -1.22. The fourth-order valence-corrected chi connectivity index (χ4v) is 4.93. The van der Waals surface area contributed by atoms with Gasteiger partial charge in [0.15, 0.2) is 0 Å². The summed E-state index contributed by atoms with van der Waals surface area (Å²) in [4.78, 5) is 33.0. The number of hydrogen-bond acceptors (Lipinski definition) is 6. The predicted molar refractivity (Wildman–Crippen MR) is 114 cm³/mol. The molecule has 156 valence electrons. The zero-order valence-corrected chi connectivity index (χ0v) is 17.4. The second-order valence-electron chi connectivity index (χ2n) is 7.84. The molecule has 2 aliphatic rings. The van der Waals surface area contributed by atoms with Gasteiger partial charge in [0.2, 0.25) is 5.91 Å². The van der Waals surface area contributed by atoms with Crippen molar-refractivity contribution >= 4 is 40.2 Å². The first-order valence-corrected chi connectivity index (χ1v) is 10.9. The SMILES string of the molecule is C[C@]1(F)CCN(c2ccc3nccc(C(=O)NCC(=O)N4CSC[C@H]4C#N)c3c2)C1. The van der Waals surface area contributed by atoms with Crippen LogP contribution in [0.25, 0.3) is 10.9 Å². The van der Waals surface area contributed by atoms with Crippen LogP contribution in [0.2, 0.25) is 0 Å². The summed E-state index contributed by atoms with van der Waals surface area (Å²) in [6.07, 6.45) is 2.02. The van der Waals surface area contributed by atoms with Crippen LogP contribution in [0.3, 0.4) is 0 Å². The van der Waals surface area contributed by atoms with E-state index in [1.165, 1.54) is 16.7 Å². The number of nitriles is 1. The van der Waals surface area contributed by atoms with Crippen LogP contribution in [-0.4, -0.2) is 64.7 Å². The summed E-state index contributed by atoms with van der Waals surface area (Å²) in [6, 6.07) is 8.82. The van der Waals surface area contributed by atoms with Gasteiger partial charge in [-0.1, -0.05) is 0 Å². The van der Waals surface area contributed by atoms with E-state index in [1.54, 1.807) is 19.2 Å². The second-order valence-corrected chi connectivity index (χ2v) is 8.84. The van der Waals surface area contributed by atoms with Crippen molar-refractivity contribution in [3.8, 4) is 6.07 Å². The number of fused-ring (bicyclic) bond motifs is 1. The average molecular weight is 428 g/mol. The van der Waals surface area contributed by atoms with Gasteiger partial charge in [0.05, 0.1) is 36.1 Å². The van der Waals surface area contributed by atoms with E-state index in [4.69, 9.17) is 5.26 Å². The number of benzene rings is 1. The predicted octanol–water partition coefficient (Wildman–Crippen LogP) is 2.33. The summed E-state index contributed by atoms with van der Waals surface area (Å²) in [7, 11) is 0. The number of halogens is 1. The normalized spacial score (nSPS) is 23.6. The third-order valence-electron chi connectivity index (χ3n) is 5.51. The average Bonchev–Trinajstić information content (AvgIpc) is 3.36. The van der Waals surface area contributed by atoms with Gasteiger partial charge in [0.25, 0.3) is 5.91 Å². The molecule has 1 aromatic carbocycles. The molecule has 0 spiro atoms. The molecular weight excluding hydrogens is 405 g/mol. The molecule has 0 radical (unpaired) electrons. The summed E-state index contributed by atoms with van der Waals surface area (Å²) >= 11 is 1.52. The highest BCUT2D eigenvalue weighted by molar-refractivity contribution is 7.99. The van der Waals surface area contributed by atoms with Crippen molar-refractivity contribution in [3.05, 3.63) is 36.0 Å². The molecule has 9 heteroatoms. The van der Waals surface area contributed by atoms with Crippen LogP contribution in [0.5, 0.6) is 0 Å². The Hall–Kier alpha value is -2.86. The summed E-state index contributed by atoms with van der Waals surface area (Å²) in [5.41, 5.74) is 0.678. The van der Waals surface area contributed by atoms with Gasteiger partial charge in [-0.05, 0) is 31.2 Å². The van der Waals surface area contributed by atoms with Gasteiger partial charge in [0.1, 0.15) is 11.7 Å². The summed E-state index contributed by atoms with van der Waals surface area (Å²) in [5, 5.41) is 12.4. The van der Waals surface area contributed by atoms with Gasteiger partial charge in [-0.3, -0.25) is 14.6 Å². The Labute approximate surface area is 178 Å². The molecule has 1 N–H and O–H groups in total. The van der Waals surface area contributed by atoms with Gasteiger partial charge in [-0.25, -0.2) is 4.39 Å². The largest absolute Gasteiger partial charge is 0.368 e. The molecule has 0 bridgehead atoms. The molecule has 2 fully saturated rings. The topological polar surface area (TPSA) is 89.3 Å². The molecule has 2 aliphatic heterocycles. The van der Waals surface area contributed by atoms with Crippen LogP contribution in [-0.2, 0) is 4.79 Å². The smallest absolute Gasteiger partial charge is 0.252 e. The van der Waals surface area contributed by atoms with Gasteiger partial charge < -0.3 is 15.1 Å². The van der Waals surface area contributed by atoms with E-state index < -0.39 is 11.7 Å². The number of thioether (sulfide) groups is 1. The summed E-state index contributed by atoms with van der Waals surface area (Å²) in [5.74, 6) is 0.378. The third-order valence-corrected chi connectivity index (χ3v) is 6.52. The maximum atomic E-state index is 14.2. The Morgan fingerprint density at radius 2 is 2.27 bits per heavy atom. The quantitative estimate of drug-likeness (QED) is 0.806. The molecule has 2 aromatic rings. The summed E-state index contributed by atoms with van der Waals surface area (Å²) < 4.78 is 14.2. The fraction of sp³-hybridized carbons (Fsp3) is 0.429. The van der Waals surface area contributed by atoms with E-state index in [2.05, 4.69) is 16.4 Å². The molecule has 2 saturated heterocycles. The van der Waals surface area contributed by atoms with Crippen LogP contribution < -0.4 is 10.2 Å². The van der Waals surface area contributed by atoms with Crippen LogP contribution in [0.1, 0.15) is 23.7 Å². The zero-order chi connectivity index (χ0) is 21.3. The first-order valence-electron chi connectivity index (χ1n) is 9.76. The maximum Gasteiger partial charge on any atom is 0.252 e. The number of pyridine rings is 1. The number of amides is 2. The highest BCUT2D eigenvalue weighted by atomic mass is 32.2. The lowest BCUT2D eigenvalue weighted by atomic mass is 10.1. The Morgan fingerprint density at radius 3 is 3.00 bits per heavy atom. The molecular formula is C21H22FN5O2S. The van der Waals surface area contributed by atoms with Crippen molar-refractivity contribution in [2.45, 2.75) is 25.1 Å². The van der Waals surface area contributed by atoms with E-state index in [0.29, 0.717) is 47.6 Å². The number of carbonyl (C=O) groups is 2. The fourth-order valence-electron chi connectivity index (χ4n) is 3.82. The lowest BCUT2D eigenvalue weighted by molar-refractivity contribution is -0.129. The molecule has 0 saturated carbocycles. The van der Waals surface area contributed by atoms with Crippen molar-refractivity contribution in [2.24, 2.45) is 0 Å². The lowest BCUT2D eigenvalue weighted by Gasteiger charge is -2.20. The monoisotopic (exact) mass is 427 g/mol. The van der Waals surface area contributed by atoms with Crippen LogP contribution in [0.15, 0.2) is 30.5 Å². The molecule has 2 amide bonds. The van der Waals surface area contributed by atoms with Crippen LogP contribution >= 0.6 is 11.8 Å². The van der Waals surface area contributed by atoms with Crippen LogP contribution in [0.4, 0.5) is 10.1 Å². The van der Waals surface area contributed by atoms with Gasteiger partial charge in [-0.2, -0.15) is 5.26 Å². The van der Waals surface area contributed by atoms with E-state index in [1.807, 2.05) is 23.1 Å². The van der Waals surface area contributed by atoms with E-state index in [9.17, 15) is 14.0 Å². The minimum Gasteiger partial charge on any atom is -0.368 e. The Bertz CT molecular complexity index is 1040. The van der Waals surface area contributed by atoms with Crippen molar-refractivity contribution in [3.63, 3.8) is 0 Å². The number of alkyl halides is 1. The minimum absolute atomic E-state index is 0.173. The van der Waals surface area contributed by atoms with Crippen molar-refractivity contribution < 1.29 is 14.0 Å². The Kier molecular flexibility index (Phi) is 5.52. The zero-order valence-electron chi connectivity index (χ0n) is 16.6. The molecule has 1 aromatic heterocycles. The molecule has 0 aliphatic carbocycles. The number of hydrogen-bond donors (Lipinski definition) is 1. The van der Waals surface area contributed by atoms with E-state index >= 15 is 0 Å². The number of aromatic nitrogens is 1. The first-order chi connectivity index (χ1) is 14.4. The van der Waals surface area contributed by atoms with Gasteiger partial charge in [0, 0.05) is 36.0 Å². The van der Waals surface area contributed by atoms with Gasteiger partial charge >= 0.3 is 0 Å². The molecule has 30 heavy (non-hydrogen) atoms. The molecule has 7 nitrogen and oxygen atoms in total. The lowest BCUT2D eigenvalue weighted by Crippen LogP contribution is -2.42. The van der Waals surface area contributed by atoms with Crippen molar-refractivity contribution in [1.82, 2.24) is 15.2 Å². The standard InChI is InChI=1S/C21H22FN5O2S/c1-21(22)5-7-26(12-21)14-2-3-18-17(8-14)16(4-6-24-18)20(29)25-10-19(28)27-13-30-11-15(27)9-23/h2-4,6,8,15H,5,7,10-13H2,1H3,(H,25,29)/t15-,21+/m1/s1. The van der Waals surface area contributed by atoms with E-state index in [-0.39, 0.29) is 18.4 Å². The summed E-state index contributed by atoms with van der Waals surface area (Å²) in [6.45, 7) is 2.35. The number of nitrogens with one attached hydrogen (secondary N) is 1. The third kappa shape index (κ3) is 4.05. The second kappa shape index (κ2) is 8.11. The Balaban J connectivity index is 1.51. The molecule has 3 heterocycles. The van der Waals surface area contributed by atoms with E-state index in [0.717, 1.165) is 5.69 Å². The van der Waals surface area contributed by atoms with Crippen LogP contribution in [0, 0.1) is 11.3 Å². The highest BCUT2D eigenvalue weighted by Gasteiger charge is 2.34. The van der Waals surface area contributed by atoms with Crippen molar-refractivity contribution in [2.75, 3.05) is 36.2 Å². The number of anilines is 1. The highest BCUT2D eigenvalue weighted by Crippen LogP contribution is 2.31. The number of rotatable bonds is 4. The van der Waals surface area contributed by atoms with Gasteiger partial charge in [-0.15, -0.1) is 11.8 Å². The first kappa shape index (κ1) is 20.4.